The first kappa shape index (κ1) is 11.0. The second-order valence-corrected chi connectivity index (χ2v) is 5.07. The third-order valence-corrected chi connectivity index (χ3v) is 3.04. The predicted octanol–water partition coefficient (Wildman–Crippen LogP) is 1.40. The number of rotatable bonds is 3. The number of amides is 1. The molecule has 1 aromatic heterocycles. The largest absolute Gasteiger partial charge is 0.395 e. The third kappa shape index (κ3) is 1.89. The van der Waals surface area contributed by atoms with Gasteiger partial charge in [0.2, 0.25) is 0 Å². The molecule has 88 valence electrons. The van der Waals surface area contributed by atoms with Crippen LogP contribution < -0.4 is 11.1 Å². The maximum atomic E-state index is 11.9. The zero-order valence-electron chi connectivity index (χ0n) is 9.92. The van der Waals surface area contributed by atoms with Crippen LogP contribution in [-0.2, 0) is 0 Å². The van der Waals surface area contributed by atoms with Gasteiger partial charge in [0.1, 0.15) is 0 Å². The van der Waals surface area contributed by atoms with Gasteiger partial charge < -0.3 is 11.1 Å². The van der Waals surface area contributed by atoms with Crippen molar-refractivity contribution in [2.24, 2.45) is 0 Å². The highest BCUT2D eigenvalue weighted by molar-refractivity contribution is 5.98. The number of anilines is 1. The van der Waals surface area contributed by atoms with Crippen molar-refractivity contribution in [3.63, 3.8) is 0 Å². The summed E-state index contributed by atoms with van der Waals surface area (Å²) in [4.78, 5) is 11.9. The van der Waals surface area contributed by atoms with Crippen molar-refractivity contribution in [3.8, 4) is 0 Å². The van der Waals surface area contributed by atoms with Crippen molar-refractivity contribution < 1.29 is 4.79 Å². The second kappa shape index (κ2) is 3.50. The van der Waals surface area contributed by atoms with Crippen LogP contribution in [0.2, 0.25) is 0 Å². The van der Waals surface area contributed by atoms with Crippen LogP contribution in [-0.4, -0.2) is 21.6 Å². The van der Waals surface area contributed by atoms with E-state index in [4.69, 9.17) is 5.73 Å². The number of aromatic nitrogens is 2. The van der Waals surface area contributed by atoms with Gasteiger partial charge in [-0.1, -0.05) is 13.8 Å². The molecule has 1 aliphatic carbocycles. The highest BCUT2D eigenvalue weighted by Crippen LogP contribution is 2.35. The van der Waals surface area contributed by atoms with Crippen LogP contribution in [0.3, 0.4) is 0 Å². The third-order valence-electron chi connectivity index (χ3n) is 3.04. The number of hydrogen-bond acceptors (Lipinski definition) is 3. The Morgan fingerprint density at radius 2 is 2.19 bits per heavy atom. The SMILES string of the molecule is CC(C)c1[nH]nc(C(=O)NC2(C)CC2)c1N. The fourth-order valence-corrected chi connectivity index (χ4v) is 1.62. The van der Waals surface area contributed by atoms with Crippen LogP contribution in [0, 0.1) is 0 Å². The molecule has 1 aromatic rings. The average molecular weight is 222 g/mol. The van der Waals surface area contributed by atoms with Crippen molar-refractivity contribution in [2.75, 3.05) is 5.73 Å². The maximum absolute atomic E-state index is 11.9. The van der Waals surface area contributed by atoms with Gasteiger partial charge in [-0.05, 0) is 25.7 Å². The number of nitrogens with zero attached hydrogens (tertiary/aromatic N) is 1. The molecule has 0 radical (unpaired) electrons. The first-order valence-electron chi connectivity index (χ1n) is 5.59. The predicted molar refractivity (Wildman–Crippen MR) is 62.2 cm³/mol. The molecule has 0 saturated heterocycles. The Labute approximate surface area is 94.8 Å². The van der Waals surface area contributed by atoms with Crippen LogP contribution in [0.15, 0.2) is 0 Å². The molecule has 1 saturated carbocycles. The van der Waals surface area contributed by atoms with E-state index in [2.05, 4.69) is 15.5 Å². The minimum Gasteiger partial charge on any atom is -0.395 e. The Bertz CT molecular complexity index is 418. The van der Waals surface area contributed by atoms with E-state index < -0.39 is 0 Å². The monoisotopic (exact) mass is 222 g/mol. The molecule has 0 spiro atoms. The van der Waals surface area contributed by atoms with E-state index in [1.807, 2.05) is 20.8 Å². The van der Waals surface area contributed by atoms with Gasteiger partial charge in [-0.2, -0.15) is 5.10 Å². The Morgan fingerprint density at radius 1 is 1.56 bits per heavy atom. The van der Waals surface area contributed by atoms with Crippen molar-refractivity contribution >= 4 is 11.6 Å². The normalized spacial score (nSPS) is 17.5. The second-order valence-electron chi connectivity index (χ2n) is 5.07. The number of H-pyrrole nitrogens is 1. The lowest BCUT2D eigenvalue weighted by molar-refractivity contribution is 0.0931. The average Bonchev–Trinajstić information content (AvgIpc) is 2.77. The fourth-order valence-electron chi connectivity index (χ4n) is 1.62. The van der Waals surface area contributed by atoms with Crippen LogP contribution in [0.4, 0.5) is 5.69 Å². The Morgan fingerprint density at radius 3 is 2.62 bits per heavy atom. The van der Waals surface area contributed by atoms with E-state index in [-0.39, 0.29) is 17.4 Å². The molecule has 1 amide bonds. The standard InChI is InChI=1S/C11H18N4O/c1-6(2)8-7(12)9(15-14-8)10(16)13-11(3)4-5-11/h6H,4-5,12H2,1-3H3,(H,13,16)(H,14,15). The summed E-state index contributed by atoms with van der Waals surface area (Å²) in [5, 5.41) is 9.75. The van der Waals surface area contributed by atoms with Crippen LogP contribution in [0.1, 0.15) is 55.7 Å². The molecule has 16 heavy (non-hydrogen) atoms. The fraction of sp³-hybridized carbons (Fsp3) is 0.636. The number of carbonyl (C=O) groups excluding carboxylic acids is 1. The number of nitrogens with two attached hydrogens (primary N) is 1. The molecule has 1 aliphatic rings. The molecular formula is C11H18N4O. The lowest BCUT2D eigenvalue weighted by Gasteiger charge is -2.10. The van der Waals surface area contributed by atoms with Crippen LogP contribution in [0.25, 0.3) is 0 Å². The number of aromatic amines is 1. The summed E-state index contributed by atoms with van der Waals surface area (Å²) < 4.78 is 0. The topological polar surface area (TPSA) is 83.8 Å². The van der Waals surface area contributed by atoms with E-state index in [0.29, 0.717) is 11.4 Å². The number of nitrogen functional groups attached to an aromatic ring is 1. The zero-order valence-corrected chi connectivity index (χ0v) is 9.92. The highest BCUT2D eigenvalue weighted by atomic mass is 16.2. The van der Waals surface area contributed by atoms with Crippen molar-refractivity contribution in [3.05, 3.63) is 11.4 Å². The molecule has 0 atom stereocenters. The summed E-state index contributed by atoms with van der Waals surface area (Å²) in [6, 6.07) is 0. The molecule has 1 fully saturated rings. The number of nitrogens with one attached hydrogen (secondary N) is 2. The van der Waals surface area contributed by atoms with Gasteiger partial charge in [-0.3, -0.25) is 9.89 Å². The van der Waals surface area contributed by atoms with Gasteiger partial charge in [-0.15, -0.1) is 0 Å². The highest BCUT2D eigenvalue weighted by Gasteiger charge is 2.39. The summed E-state index contributed by atoms with van der Waals surface area (Å²) >= 11 is 0. The van der Waals surface area contributed by atoms with E-state index in [0.717, 1.165) is 18.5 Å². The van der Waals surface area contributed by atoms with Crippen molar-refractivity contribution in [2.45, 2.75) is 45.1 Å². The molecular weight excluding hydrogens is 204 g/mol. The number of carbonyl (C=O) groups is 1. The first-order valence-corrected chi connectivity index (χ1v) is 5.59. The Hall–Kier alpha value is -1.52. The molecule has 5 nitrogen and oxygen atoms in total. The molecule has 4 N–H and O–H groups in total. The molecule has 2 rings (SSSR count). The molecule has 0 aromatic carbocycles. The van der Waals surface area contributed by atoms with E-state index in [1.165, 1.54) is 0 Å². The maximum Gasteiger partial charge on any atom is 0.274 e. The number of hydrogen-bond donors (Lipinski definition) is 3. The van der Waals surface area contributed by atoms with Gasteiger partial charge in [-0.25, -0.2) is 0 Å². The van der Waals surface area contributed by atoms with Gasteiger partial charge in [0.05, 0.1) is 11.4 Å². The van der Waals surface area contributed by atoms with Crippen molar-refractivity contribution in [1.82, 2.24) is 15.5 Å². The van der Waals surface area contributed by atoms with Crippen LogP contribution in [0.5, 0.6) is 0 Å². The smallest absolute Gasteiger partial charge is 0.274 e. The van der Waals surface area contributed by atoms with E-state index in [1.54, 1.807) is 0 Å². The quantitative estimate of drug-likeness (QED) is 0.722. The minimum absolute atomic E-state index is 0.0412. The molecule has 0 bridgehead atoms. The minimum atomic E-state index is -0.180. The van der Waals surface area contributed by atoms with Gasteiger partial charge in [0, 0.05) is 5.54 Å². The molecule has 1 heterocycles. The lowest BCUT2D eigenvalue weighted by Crippen LogP contribution is -2.34. The van der Waals surface area contributed by atoms with E-state index >= 15 is 0 Å². The van der Waals surface area contributed by atoms with Gasteiger partial charge >= 0.3 is 0 Å². The summed E-state index contributed by atoms with van der Waals surface area (Å²) in [5.41, 5.74) is 7.46. The zero-order chi connectivity index (χ0) is 11.9. The summed E-state index contributed by atoms with van der Waals surface area (Å²) in [6.07, 6.45) is 2.06. The summed E-state index contributed by atoms with van der Waals surface area (Å²) in [6.45, 7) is 6.04. The van der Waals surface area contributed by atoms with E-state index in [9.17, 15) is 4.79 Å². The Kier molecular flexibility index (Phi) is 2.40. The van der Waals surface area contributed by atoms with Crippen molar-refractivity contribution in [1.29, 1.82) is 0 Å². The molecule has 0 aliphatic heterocycles. The molecule has 5 heteroatoms. The lowest BCUT2D eigenvalue weighted by atomic mass is 10.1. The van der Waals surface area contributed by atoms with Crippen LogP contribution >= 0.6 is 0 Å². The Balaban J connectivity index is 2.17. The molecule has 0 unspecified atom stereocenters. The summed E-state index contributed by atoms with van der Waals surface area (Å²) in [7, 11) is 0. The van der Waals surface area contributed by atoms with Gasteiger partial charge in [0.25, 0.3) is 5.91 Å². The first-order chi connectivity index (χ1) is 7.43. The van der Waals surface area contributed by atoms with Gasteiger partial charge in [0.15, 0.2) is 5.69 Å². The summed E-state index contributed by atoms with van der Waals surface area (Å²) in [5.74, 6) is 0.0613.